The largest absolute Gasteiger partial charge is 0.507 e. The lowest BCUT2D eigenvalue weighted by molar-refractivity contribution is -0.132. The highest BCUT2D eigenvalue weighted by molar-refractivity contribution is 8.00. The number of furan rings is 1. The van der Waals surface area contributed by atoms with Gasteiger partial charge in [0.2, 0.25) is 5.13 Å². The smallest absolute Gasteiger partial charge is 0.302 e. The second-order valence-electron chi connectivity index (χ2n) is 8.63. The zero-order valence-electron chi connectivity index (χ0n) is 19.9. The quantitative estimate of drug-likeness (QED) is 0.111. The summed E-state index contributed by atoms with van der Waals surface area (Å²) in [6, 6.07) is 16.2. The maximum atomic E-state index is 13.3. The Balaban J connectivity index is 1.52. The van der Waals surface area contributed by atoms with Crippen LogP contribution < -0.4 is 4.90 Å². The van der Waals surface area contributed by atoms with Crippen molar-refractivity contribution in [1.82, 2.24) is 10.2 Å². The maximum absolute atomic E-state index is 13.3. The SMILES string of the molecule is Cc1ccc(CSc2nnc(N3C(=O)C(=O)C(=C(O)c4cc(C)ccc4C)C3c3ccco3)s2)cc1. The molecule has 1 unspecified atom stereocenters. The summed E-state index contributed by atoms with van der Waals surface area (Å²) in [5.74, 6) is -0.766. The number of Topliss-reactive ketones (excluding diaryl/α,β-unsaturated/α-hetero) is 1. The summed E-state index contributed by atoms with van der Waals surface area (Å²) in [7, 11) is 0. The lowest BCUT2D eigenvalue weighted by Gasteiger charge is -2.20. The van der Waals surface area contributed by atoms with E-state index in [1.807, 2.05) is 32.9 Å². The average molecular weight is 518 g/mol. The van der Waals surface area contributed by atoms with Gasteiger partial charge in [-0.2, -0.15) is 0 Å². The number of carbonyl (C=O) groups is 2. The predicted octanol–water partition coefficient (Wildman–Crippen LogP) is 5.97. The number of rotatable bonds is 6. The molecule has 2 aromatic heterocycles. The van der Waals surface area contributed by atoms with Crippen LogP contribution in [-0.2, 0) is 15.3 Å². The highest BCUT2D eigenvalue weighted by atomic mass is 32.2. The molecule has 0 aliphatic carbocycles. The number of aromatic nitrogens is 2. The molecule has 2 aromatic carbocycles. The first-order chi connectivity index (χ1) is 17.3. The van der Waals surface area contributed by atoms with Crippen LogP contribution in [0.4, 0.5) is 5.13 Å². The Morgan fingerprint density at radius 3 is 2.53 bits per heavy atom. The second-order valence-corrected chi connectivity index (χ2v) is 10.8. The first-order valence-corrected chi connectivity index (χ1v) is 13.1. The minimum Gasteiger partial charge on any atom is -0.507 e. The molecule has 0 spiro atoms. The molecule has 7 nitrogen and oxygen atoms in total. The van der Waals surface area contributed by atoms with E-state index in [2.05, 4.69) is 34.5 Å². The van der Waals surface area contributed by atoms with Gasteiger partial charge in [-0.3, -0.25) is 14.5 Å². The highest BCUT2D eigenvalue weighted by Gasteiger charge is 2.49. The number of anilines is 1. The number of hydrogen-bond donors (Lipinski definition) is 1. The fourth-order valence-electron chi connectivity index (χ4n) is 4.07. The number of ketones is 1. The second kappa shape index (κ2) is 9.75. The molecule has 1 atom stereocenters. The minimum absolute atomic E-state index is 0.0345. The minimum atomic E-state index is -0.956. The van der Waals surface area contributed by atoms with Gasteiger partial charge < -0.3 is 9.52 Å². The summed E-state index contributed by atoms with van der Waals surface area (Å²) < 4.78 is 6.28. The van der Waals surface area contributed by atoms with E-state index < -0.39 is 17.7 Å². The number of amides is 1. The monoisotopic (exact) mass is 517 g/mol. The molecule has 4 aromatic rings. The molecule has 1 fully saturated rings. The highest BCUT2D eigenvalue weighted by Crippen LogP contribution is 2.44. The lowest BCUT2D eigenvalue weighted by atomic mass is 9.96. The molecule has 0 radical (unpaired) electrons. The van der Waals surface area contributed by atoms with Crippen molar-refractivity contribution >= 4 is 45.7 Å². The molecule has 9 heteroatoms. The van der Waals surface area contributed by atoms with Crippen LogP contribution in [-0.4, -0.2) is 27.0 Å². The Kier molecular flexibility index (Phi) is 6.51. The first kappa shape index (κ1) is 24.0. The van der Waals surface area contributed by atoms with Gasteiger partial charge in [-0.1, -0.05) is 70.6 Å². The third kappa shape index (κ3) is 4.47. The summed E-state index contributed by atoms with van der Waals surface area (Å²) in [5.41, 5.74) is 4.50. The van der Waals surface area contributed by atoms with Gasteiger partial charge in [-0.05, 0) is 50.1 Å². The normalized spacial score (nSPS) is 17.2. The van der Waals surface area contributed by atoms with Gasteiger partial charge in [-0.15, -0.1) is 10.2 Å². The van der Waals surface area contributed by atoms with Gasteiger partial charge in [0.15, 0.2) is 4.34 Å². The van der Waals surface area contributed by atoms with Crippen LogP contribution >= 0.6 is 23.1 Å². The number of nitrogens with zero attached hydrogens (tertiary/aromatic N) is 3. The Labute approximate surface area is 216 Å². The molecule has 3 heterocycles. The fourth-order valence-corrected chi connectivity index (χ4v) is 5.89. The van der Waals surface area contributed by atoms with Gasteiger partial charge in [-0.25, -0.2) is 0 Å². The van der Waals surface area contributed by atoms with Crippen LogP contribution in [0.25, 0.3) is 5.76 Å². The molecule has 1 aliphatic rings. The number of hydrogen-bond acceptors (Lipinski definition) is 8. The summed E-state index contributed by atoms with van der Waals surface area (Å²) in [6.07, 6.45) is 1.47. The van der Waals surface area contributed by atoms with Crippen LogP contribution in [0.2, 0.25) is 0 Å². The summed E-state index contributed by atoms with van der Waals surface area (Å²) in [5, 5.41) is 20.0. The van der Waals surface area contributed by atoms with Gasteiger partial charge in [0.05, 0.1) is 11.8 Å². The summed E-state index contributed by atoms with van der Waals surface area (Å²) in [6.45, 7) is 5.78. The number of aliphatic hydroxyl groups excluding tert-OH is 1. The zero-order valence-corrected chi connectivity index (χ0v) is 21.5. The Bertz CT molecular complexity index is 1470. The number of carbonyl (C=O) groups excluding carboxylic acids is 2. The van der Waals surface area contributed by atoms with Crippen LogP contribution in [0.15, 0.2) is 75.2 Å². The van der Waals surface area contributed by atoms with E-state index in [1.165, 1.54) is 39.8 Å². The van der Waals surface area contributed by atoms with Crippen molar-refractivity contribution in [3.63, 3.8) is 0 Å². The molecule has 36 heavy (non-hydrogen) atoms. The van der Waals surface area contributed by atoms with Crippen molar-refractivity contribution in [3.8, 4) is 0 Å². The molecular weight excluding hydrogens is 494 g/mol. The number of aryl methyl sites for hydroxylation is 3. The Hall–Kier alpha value is -3.69. The van der Waals surface area contributed by atoms with Crippen molar-refractivity contribution < 1.29 is 19.1 Å². The molecule has 182 valence electrons. The van der Waals surface area contributed by atoms with Crippen molar-refractivity contribution in [3.05, 3.63) is 100 Å². The molecular formula is C27H23N3O4S2. The molecule has 0 saturated carbocycles. The van der Waals surface area contributed by atoms with E-state index in [-0.39, 0.29) is 16.5 Å². The third-order valence-corrected chi connectivity index (χ3v) is 8.12. The number of benzene rings is 2. The van der Waals surface area contributed by atoms with Crippen molar-refractivity contribution in [2.24, 2.45) is 0 Å². The molecule has 1 amide bonds. The van der Waals surface area contributed by atoms with Crippen LogP contribution in [0.5, 0.6) is 0 Å². The standard InChI is InChI=1S/C27H23N3O4S2/c1-15-7-10-18(11-8-15)14-35-27-29-28-26(36-27)30-22(20-5-4-12-34-20)21(24(32)25(30)33)23(31)19-13-16(2)6-9-17(19)3/h4-13,22,31H,14H2,1-3H3. The topological polar surface area (TPSA) is 96.5 Å². The summed E-state index contributed by atoms with van der Waals surface area (Å²) in [4.78, 5) is 27.8. The van der Waals surface area contributed by atoms with Crippen LogP contribution in [0.1, 0.15) is 39.6 Å². The molecule has 1 N–H and O–H groups in total. The molecule has 1 saturated heterocycles. The van der Waals surface area contributed by atoms with Gasteiger partial charge in [0.25, 0.3) is 5.78 Å². The van der Waals surface area contributed by atoms with E-state index in [0.29, 0.717) is 21.4 Å². The van der Waals surface area contributed by atoms with Gasteiger partial charge in [0, 0.05) is 11.3 Å². The Morgan fingerprint density at radius 1 is 1.06 bits per heavy atom. The number of thioether (sulfide) groups is 1. The predicted molar refractivity (Wildman–Crippen MR) is 140 cm³/mol. The van der Waals surface area contributed by atoms with Gasteiger partial charge >= 0.3 is 5.91 Å². The molecule has 1 aliphatic heterocycles. The fraction of sp³-hybridized carbons (Fsp3) is 0.185. The van der Waals surface area contributed by atoms with E-state index in [0.717, 1.165) is 16.7 Å². The van der Waals surface area contributed by atoms with E-state index in [9.17, 15) is 14.7 Å². The van der Waals surface area contributed by atoms with Crippen LogP contribution in [0, 0.1) is 20.8 Å². The summed E-state index contributed by atoms with van der Waals surface area (Å²) >= 11 is 2.73. The zero-order chi connectivity index (χ0) is 25.4. The van der Waals surface area contributed by atoms with E-state index in [4.69, 9.17) is 4.42 Å². The van der Waals surface area contributed by atoms with Crippen molar-refractivity contribution in [1.29, 1.82) is 0 Å². The average Bonchev–Trinajstić information content (AvgIpc) is 3.61. The molecule has 0 bridgehead atoms. The first-order valence-electron chi connectivity index (χ1n) is 11.3. The van der Waals surface area contributed by atoms with Gasteiger partial charge in [0.1, 0.15) is 17.6 Å². The van der Waals surface area contributed by atoms with E-state index >= 15 is 0 Å². The third-order valence-electron chi connectivity index (χ3n) is 5.99. The van der Waals surface area contributed by atoms with Crippen LogP contribution in [0.3, 0.4) is 0 Å². The Morgan fingerprint density at radius 2 is 1.81 bits per heavy atom. The van der Waals surface area contributed by atoms with Crippen molar-refractivity contribution in [2.45, 2.75) is 36.9 Å². The number of aliphatic hydroxyl groups is 1. The van der Waals surface area contributed by atoms with Crippen molar-refractivity contribution in [2.75, 3.05) is 4.90 Å². The lowest BCUT2D eigenvalue weighted by Crippen LogP contribution is -2.29. The van der Waals surface area contributed by atoms with E-state index in [1.54, 1.807) is 18.2 Å². The molecule has 5 rings (SSSR count). The maximum Gasteiger partial charge on any atom is 0.302 e.